The monoisotopic (exact) mass is 216 g/mol. The highest BCUT2D eigenvalue weighted by Gasteiger charge is 2.02. The standard InChI is InChI=1S/C12H24O3/c1-3-5-6-7-8-9-10-11-12(13)15-14-4-2/h3-11H2,1-2H3. The fourth-order valence-electron chi connectivity index (χ4n) is 1.39. The van der Waals surface area contributed by atoms with Crippen molar-refractivity contribution in [3.8, 4) is 0 Å². The Balaban J connectivity index is 3.06. The van der Waals surface area contributed by atoms with Crippen LogP contribution in [0.5, 0.6) is 0 Å². The molecule has 0 aromatic carbocycles. The zero-order chi connectivity index (χ0) is 11.4. The van der Waals surface area contributed by atoms with E-state index in [9.17, 15) is 4.79 Å². The predicted octanol–water partition coefficient (Wildman–Crippen LogP) is 3.62. The highest BCUT2D eigenvalue weighted by molar-refractivity contribution is 5.68. The molecule has 0 rings (SSSR count). The summed E-state index contributed by atoms with van der Waals surface area (Å²) in [5.74, 6) is -0.245. The van der Waals surface area contributed by atoms with Gasteiger partial charge in [0.2, 0.25) is 0 Å². The van der Waals surface area contributed by atoms with Crippen molar-refractivity contribution in [3.63, 3.8) is 0 Å². The maximum atomic E-state index is 11.0. The van der Waals surface area contributed by atoms with Crippen LogP contribution in [0.3, 0.4) is 0 Å². The number of hydrogen-bond donors (Lipinski definition) is 0. The van der Waals surface area contributed by atoms with Crippen molar-refractivity contribution < 1.29 is 14.6 Å². The molecule has 0 atom stereocenters. The SMILES string of the molecule is CCCCCCCCCC(=O)OOCC. The third-order valence-electron chi connectivity index (χ3n) is 2.25. The van der Waals surface area contributed by atoms with Crippen LogP contribution in [0.15, 0.2) is 0 Å². The van der Waals surface area contributed by atoms with E-state index in [1.54, 1.807) is 6.92 Å². The van der Waals surface area contributed by atoms with Crippen LogP contribution in [0.4, 0.5) is 0 Å². The largest absolute Gasteiger partial charge is 0.342 e. The van der Waals surface area contributed by atoms with Crippen LogP contribution in [0.1, 0.15) is 65.2 Å². The minimum Gasteiger partial charge on any atom is -0.298 e. The van der Waals surface area contributed by atoms with E-state index < -0.39 is 0 Å². The molecular weight excluding hydrogens is 192 g/mol. The molecule has 0 saturated carbocycles. The number of unbranched alkanes of at least 4 members (excludes halogenated alkanes) is 6. The lowest BCUT2D eigenvalue weighted by Gasteiger charge is -2.01. The van der Waals surface area contributed by atoms with Crippen molar-refractivity contribution in [1.29, 1.82) is 0 Å². The summed E-state index contributed by atoms with van der Waals surface area (Å²) >= 11 is 0. The minimum absolute atomic E-state index is 0.245. The summed E-state index contributed by atoms with van der Waals surface area (Å²) in [7, 11) is 0. The van der Waals surface area contributed by atoms with Gasteiger partial charge in [-0.25, -0.2) is 4.79 Å². The molecule has 0 unspecified atom stereocenters. The highest BCUT2D eigenvalue weighted by Crippen LogP contribution is 2.08. The van der Waals surface area contributed by atoms with Crippen LogP contribution in [0.2, 0.25) is 0 Å². The van der Waals surface area contributed by atoms with Crippen molar-refractivity contribution in [3.05, 3.63) is 0 Å². The van der Waals surface area contributed by atoms with Gasteiger partial charge in [-0.3, -0.25) is 4.89 Å². The molecule has 3 heteroatoms. The molecule has 3 nitrogen and oxygen atoms in total. The molecule has 0 amide bonds. The van der Waals surface area contributed by atoms with E-state index in [0.717, 1.165) is 12.8 Å². The Hall–Kier alpha value is -0.570. The first-order valence-electron chi connectivity index (χ1n) is 6.13. The van der Waals surface area contributed by atoms with E-state index in [-0.39, 0.29) is 5.97 Å². The maximum absolute atomic E-state index is 11.0. The van der Waals surface area contributed by atoms with Gasteiger partial charge in [0.05, 0.1) is 6.61 Å². The van der Waals surface area contributed by atoms with Gasteiger partial charge in [0.1, 0.15) is 0 Å². The molecule has 0 aliphatic rings. The average molecular weight is 216 g/mol. The van der Waals surface area contributed by atoms with Gasteiger partial charge in [0, 0.05) is 6.42 Å². The molecule has 0 fully saturated rings. The van der Waals surface area contributed by atoms with Crippen molar-refractivity contribution in [2.24, 2.45) is 0 Å². The molecule has 0 heterocycles. The zero-order valence-corrected chi connectivity index (χ0v) is 10.1. The summed E-state index contributed by atoms with van der Waals surface area (Å²) in [5, 5.41) is 0. The van der Waals surface area contributed by atoms with Gasteiger partial charge >= 0.3 is 5.97 Å². The average Bonchev–Trinajstić information content (AvgIpc) is 2.25. The van der Waals surface area contributed by atoms with E-state index in [1.807, 2.05) is 0 Å². The fourth-order valence-corrected chi connectivity index (χ4v) is 1.39. The van der Waals surface area contributed by atoms with E-state index in [2.05, 4.69) is 16.7 Å². The number of hydrogen-bond acceptors (Lipinski definition) is 3. The molecule has 15 heavy (non-hydrogen) atoms. The third-order valence-corrected chi connectivity index (χ3v) is 2.25. The van der Waals surface area contributed by atoms with Gasteiger partial charge in [-0.15, -0.1) is 0 Å². The molecular formula is C12H24O3. The number of rotatable bonds is 10. The van der Waals surface area contributed by atoms with Crippen LogP contribution in [0, 0.1) is 0 Å². The molecule has 0 aromatic rings. The predicted molar refractivity (Wildman–Crippen MR) is 60.3 cm³/mol. The molecule has 0 saturated heterocycles. The fraction of sp³-hybridized carbons (Fsp3) is 0.917. The van der Waals surface area contributed by atoms with Crippen molar-refractivity contribution in [1.82, 2.24) is 0 Å². The van der Waals surface area contributed by atoms with Crippen LogP contribution < -0.4 is 0 Å². The van der Waals surface area contributed by atoms with Crippen LogP contribution in [0.25, 0.3) is 0 Å². The molecule has 0 aromatic heterocycles. The Morgan fingerprint density at radius 3 is 2.13 bits per heavy atom. The van der Waals surface area contributed by atoms with Crippen LogP contribution in [-0.4, -0.2) is 12.6 Å². The van der Waals surface area contributed by atoms with Gasteiger partial charge in [-0.05, 0) is 13.3 Å². The van der Waals surface area contributed by atoms with Crippen LogP contribution in [-0.2, 0) is 14.6 Å². The van der Waals surface area contributed by atoms with Gasteiger partial charge in [0.15, 0.2) is 0 Å². The number of carbonyl (C=O) groups excluding carboxylic acids is 1. The van der Waals surface area contributed by atoms with E-state index in [4.69, 9.17) is 0 Å². The Labute approximate surface area is 93.1 Å². The van der Waals surface area contributed by atoms with Gasteiger partial charge in [-0.1, -0.05) is 45.4 Å². The van der Waals surface area contributed by atoms with Gasteiger partial charge < -0.3 is 0 Å². The lowest BCUT2D eigenvalue weighted by Crippen LogP contribution is -2.04. The summed E-state index contributed by atoms with van der Waals surface area (Å²) in [6.07, 6.45) is 8.94. The molecule has 0 bridgehead atoms. The molecule has 0 N–H and O–H groups in total. The summed E-state index contributed by atoms with van der Waals surface area (Å²) in [4.78, 5) is 20.0. The summed E-state index contributed by atoms with van der Waals surface area (Å²) in [6, 6.07) is 0. The molecule has 0 aliphatic carbocycles. The maximum Gasteiger partial charge on any atom is 0.342 e. The quantitative estimate of drug-likeness (QED) is 0.318. The summed E-state index contributed by atoms with van der Waals surface area (Å²) < 4.78 is 0. The molecule has 0 spiro atoms. The first-order chi connectivity index (χ1) is 7.31. The first-order valence-corrected chi connectivity index (χ1v) is 6.13. The van der Waals surface area contributed by atoms with Crippen LogP contribution >= 0.6 is 0 Å². The van der Waals surface area contributed by atoms with E-state index in [1.165, 1.54) is 32.1 Å². The molecule has 0 aliphatic heterocycles. The van der Waals surface area contributed by atoms with Crippen molar-refractivity contribution >= 4 is 5.97 Å². The lowest BCUT2D eigenvalue weighted by molar-refractivity contribution is -0.269. The van der Waals surface area contributed by atoms with Gasteiger partial charge in [0.25, 0.3) is 0 Å². The Bertz CT molecular complexity index is 146. The summed E-state index contributed by atoms with van der Waals surface area (Å²) in [6.45, 7) is 4.42. The third kappa shape index (κ3) is 11.4. The van der Waals surface area contributed by atoms with Crippen molar-refractivity contribution in [2.75, 3.05) is 6.61 Å². The normalized spacial score (nSPS) is 10.3. The number of carbonyl (C=O) groups is 1. The molecule has 90 valence electrons. The van der Waals surface area contributed by atoms with E-state index in [0.29, 0.717) is 13.0 Å². The second-order valence-corrected chi connectivity index (χ2v) is 3.73. The molecule has 0 radical (unpaired) electrons. The highest BCUT2D eigenvalue weighted by atomic mass is 17.2. The Morgan fingerprint density at radius 1 is 0.933 bits per heavy atom. The Kier molecular flexibility index (Phi) is 11.1. The lowest BCUT2D eigenvalue weighted by atomic mass is 10.1. The topological polar surface area (TPSA) is 35.5 Å². The van der Waals surface area contributed by atoms with E-state index >= 15 is 0 Å². The summed E-state index contributed by atoms with van der Waals surface area (Å²) in [5.41, 5.74) is 0. The smallest absolute Gasteiger partial charge is 0.298 e. The second-order valence-electron chi connectivity index (χ2n) is 3.73. The second kappa shape index (κ2) is 11.5. The zero-order valence-electron chi connectivity index (χ0n) is 10.1. The minimum atomic E-state index is -0.245. The Morgan fingerprint density at radius 2 is 1.53 bits per heavy atom. The van der Waals surface area contributed by atoms with Gasteiger partial charge in [-0.2, -0.15) is 4.89 Å². The van der Waals surface area contributed by atoms with Crippen molar-refractivity contribution in [2.45, 2.75) is 65.2 Å². The first kappa shape index (κ1) is 14.4.